The highest BCUT2D eigenvalue weighted by Crippen LogP contribution is 2.38. The number of halogens is 4. The Morgan fingerprint density at radius 2 is 1.84 bits per heavy atom. The maximum atomic E-state index is 13.2. The molecule has 1 aromatic carbocycles. The molecular formula is C24H27ClF3N5O4. The molecule has 0 atom stereocenters. The zero-order valence-electron chi connectivity index (χ0n) is 19.9. The molecule has 1 saturated heterocycles. The Bertz CT molecular complexity index is 1100. The predicted octanol–water partition coefficient (Wildman–Crippen LogP) is 4.75. The van der Waals surface area contributed by atoms with Crippen molar-refractivity contribution in [1.82, 2.24) is 9.88 Å². The smallest absolute Gasteiger partial charge is 0.382 e. The van der Waals surface area contributed by atoms with Crippen molar-refractivity contribution in [2.45, 2.75) is 44.0 Å². The summed E-state index contributed by atoms with van der Waals surface area (Å²) in [7, 11) is 0. The van der Waals surface area contributed by atoms with Crippen LogP contribution in [0.2, 0.25) is 5.02 Å². The third kappa shape index (κ3) is 7.01. The third-order valence-corrected chi connectivity index (χ3v) is 6.88. The lowest BCUT2D eigenvalue weighted by Crippen LogP contribution is -2.50. The molecule has 2 fully saturated rings. The lowest BCUT2D eigenvalue weighted by molar-refractivity contribution is -0.388. The van der Waals surface area contributed by atoms with Crippen LogP contribution in [0.4, 0.5) is 30.4 Å². The van der Waals surface area contributed by atoms with Gasteiger partial charge in [0.15, 0.2) is 0 Å². The minimum Gasteiger partial charge on any atom is -0.382 e. The molecule has 2 heterocycles. The van der Waals surface area contributed by atoms with E-state index in [1.54, 1.807) is 17.2 Å². The van der Waals surface area contributed by atoms with Gasteiger partial charge in [0.25, 0.3) is 5.69 Å². The highest BCUT2D eigenvalue weighted by molar-refractivity contribution is 6.30. The number of nitro groups is 1. The number of pyridine rings is 1. The third-order valence-electron chi connectivity index (χ3n) is 6.65. The van der Waals surface area contributed by atoms with Crippen LogP contribution in [0.3, 0.4) is 0 Å². The summed E-state index contributed by atoms with van der Waals surface area (Å²) in [6.07, 6.45) is -0.742. The van der Waals surface area contributed by atoms with Crippen molar-refractivity contribution in [3.8, 4) is 0 Å². The van der Waals surface area contributed by atoms with Gasteiger partial charge in [-0.05, 0) is 49.9 Å². The van der Waals surface area contributed by atoms with Gasteiger partial charge >= 0.3 is 6.18 Å². The number of benzene rings is 1. The number of carbonyl (C=O) groups excluding carboxylic acids is 1. The molecule has 0 unspecified atom stereocenters. The van der Waals surface area contributed by atoms with Crippen molar-refractivity contribution in [3.05, 3.63) is 57.2 Å². The first-order chi connectivity index (χ1) is 17.6. The van der Waals surface area contributed by atoms with Crippen LogP contribution in [0.15, 0.2) is 36.5 Å². The summed E-state index contributed by atoms with van der Waals surface area (Å²) in [4.78, 5) is 30.7. The number of hydrogen-bond donors (Lipinski definition) is 1. The van der Waals surface area contributed by atoms with E-state index in [1.807, 2.05) is 6.07 Å². The second-order valence-corrected chi connectivity index (χ2v) is 9.55. The van der Waals surface area contributed by atoms with Gasteiger partial charge in [-0.2, -0.15) is 13.2 Å². The molecule has 1 aliphatic heterocycles. The van der Waals surface area contributed by atoms with Crippen LogP contribution in [0.5, 0.6) is 0 Å². The minimum atomic E-state index is -4.82. The van der Waals surface area contributed by atoms with E-state index in [1.165, 1.54) is 6.07 Å². The monoisotopic (exact) mass is 541 g/mol. The van der Waals surface area contributed by atoms with Gasteiger partial charge in [-0.3, -0.25) is 14.9 Å². The second-order valence-electron chi connectivity index (χ2n) is 9.12. The Morgan fingerprint density at radius 1 is 1.14 bits per heavy atom. The van der Waals surface area contributed by atoms with E-state index in [0.717, 1.165) is 18.0 Å². The van der Waals surface area contributed by atoms with Gasteiger partial charge in [0.2, 0.25) is 5.91 Å². The second kappa shape index (κ2) is 11.5. The number of piperazine rings is 1. The van der Waals surface area contributed by atoms with Crippen molar-refractivity contribution in [2.24, 2.45) is 0 Å². The van der Waals surface area contributed by atoms with Crippen molar-refractivity contribution in [3.63, 3.8) is 0 Å². The molecule has 2 aromatic rings. The first kappa shape index (κ1) is 26.9. The molecule has 2 aliphatic rings. The van der Waals surface area contributed by atoms with E-state index in [4.69, 9.17) is 16.3 Å². The molecule has 0 bridgehead atoms. The topological polar surface area (TPSA) is 101 Å². The summed E-state index contributed by atoms with van der Waals surface area (Å²) in [6, 6.07) is 6.49. The molecule has 13 heteroatoms. The molecule has 0 spiro atoms. The van der Waals surface area contributed by atoms with Crippen molar-refractivity contribution >= 4 is 34.7 Å². The predicted molar refractivity (Wildman–Crippen MR) is 132 cm³/mol. The van der Waals surface area contributed by atoms with E-state index in [9.17, 15) is 28.1 Å². The normalized spacial score (nSPS) is 20.5. The van der Waals surface area contributed by atoms with Crippen LogP contribution >= 0.6 is 11.6 Å². The molecule has 4 rings (SSSR count). The molecule has 1 aliphatic carbocycles. The van der Waals surface area contributed by atoms with Crippen molar-refractivity contribution in [2.75, 3.05) is 43.0 Å². The number of anilines is 2. The number of rotatable bonds is 7. The van der Waals surface area contributed by atoms with Crippen LogP contribution in [-0.4, -0.2) is 65.6 Å². The minimum absolute atomic E-state index is 0.0146. The Hall–Kier alpha value is -3.12. The van der Waals surface area contributed by atoms with E-state index < -0.39 is 22.4 Å². The number of nitrogens with one attached hydrogen (secondary N) is 1. The average Bonchev–Trinajstić information content (AvgIpc) is 2.88. The van der Waals surface area contributed by atoms with Crippen LogP contribution in [0.25, 0.3) is 0 Å². The van der Waals surface area contributed by atoms with Crippen molar-refractivity contribution in [1.29, 1.82) is 0 Å². The van der Waals surface area contributed by atoms with Gasteiger partial charge in [-0.15, -0.1) is 0 Å². The fourth-order valence-electron chi connectivity index (χ4n) is 4.64. The number of ether oxygens (including phenoxy) is 1. The van der Waals surface area contributed by atoms with Gasteiger partial charge in [0, 0.05) is 50.2 Å². The number of nitrogens with zero attached hydrogens (tertiary/aromatic N) is 4. The van der Waals surface area contributed by atoms with E-state index >= 15 is 0 Å². The Labute approximate surface area is 216 Å². The Kier molecular flexibility index (Phi) is 8.38. The maximum Gasteiger partial charge on any atom is 0.423 e. The van der Waals surface area contributed by atoms with Gasteiger partial charge in [-0.25, -0.2) is 4.98 Å². The lowest BCUT2D eigenvalue weighted by Gasteiger charge is -2.36. The SMILES string of the molecule is O=C(COC1CCC(Nc2ccc([N+](=O)[O-])c(C(F)(F)F)c2)CC1)N1CCN(c2ccc(Cl)cn2)CC1. The number of amides is 1. The fraction of sp³-hybridized carbons (Fsp3) is 0.500. The highest BCUT2D eigenvalue weighted by atomic mass is 35.5. The van der Waals surface area contributed by atoms with Crippen LogP contribution in [-0.2, 0) is 15.7 Å². The molecule has 0 radical (unpaired) electrons. The lowest BCUT2D eigenvalue weighted by atomic mass is 9.92. The Balaban J connectivity index is 1.20. The van der Waals surface area contributed by atoms with Gasteiger partial charge in [0.05, 0.1) is 16.0 Å². The first-order valence-electron chi connectivity index (χ1n) is 12.0. The van der Waals surface area contributed by atoms with E-state index in [2.05, 4.69) is 15.2 Å². The molecule has 1 amide bonds. The zero-order chi connectivity index (χ0) is 26.6. The average molecular weight is 542 g/mol. The molecule has 1 N–H and O–H groups in total. The summed E-state index contributed by atoms with van der Waals surface area (Å²) in [5.74, 6) is 0.746. The van der Waals surface area contributed by atoms with Gasteiger partial charge in [0.1, 0.15) is 18.0 Å². The van der Waals surface area contributed by atoms with Crippen molar-refractivity contribution < 1.29 is 27.6 Å². The van der Waals surface area contributed by atoms with Gasteiger partial charge in [-0.1, -0.05) is 11.6 Å². The summed E-state index contributed by atoms with van der Waals surface area (Å²) in [5.41, 5.74) is -2.06. The molecule has 9 nitrogen and oxygen atoms in total. The molecule has 1 aromatic heterocycles. The summed E-state index contributed by atoms with van der Waals surface area (Å²) in [5, 5.41) is 14.6. The summed E-state index contributed by atoms with van der Waals surface area (Å²) in [6.45, 7) is 2.45. The summed E-state index contributed by atoms with van der Waals surface area (Å²) >= 11 is 5.88. The van der Waals surface area contributed by atoms with E-state index in [0.29, 0.717) is 56.9 Å². The van der Waals surface area contributed by atoms with E-state index in [-0.39, 0.29) is 30.3 Å². The molecular weight excluding hydrogens is 515 g/mol. The molecule has 200 valence electrons. The standard InChI is InChI=1S/C24H27ClF3N5O4/c25-16-1-8-22(29-14-16)31-9-11-32(12-10-31)23(34)15-37-19-5-2-17(3-6-19)30-18-4-7-21(33(35)36)20(13-18)24(26,27)28/h1,4,7-8,13-14,17,19,30H,2-3,5-6,9-12,15H2. The number of aromatic nitrogens is 1. The Morgan fingerprint density at radius 3 is 2.43 bits per heavy atom. The fourth-order valence-corrected chi connectivity index (χ4v) is 4.75. The van der Waals surface area contributed by atoms with Crippen LogP contribution in [0, 0.1) is 10.1 Å². The summed E-state index contributed by atoms with van der Waals surface area (Å²) < 4.78 is 45.5. The number of hydrogen-bond acceptors (Lipinski definition) is 7. The number of nitro benzene ring substituents is 1. The first-order valence-corrected chi connectivity index (χ1v) is 12.4. The molecule has 37 heavy (non-hydrogen) atoms. The zero-order valence-corrected chi connectivity index (χ0v) is 20.7. The van der Waals surface area contributed by atoms with Crippen LogP contribution in [0.1, 0.15) is 31.2 Å². The maximum absolute atomic E-state index is 13.2. The number of carbonyl (C=O) groups is 1. The van der Waals surface area contributed by atoms with Gasteiger partial charge < -0.3 is 19.9 Å². The molecule has 1 saturated carbocycles. The largest absolute Gasteiger partial charge is 0.423 e. The quantitative estimate of drug-likeness (QED) is 0.399. The van der Waals surface area contributed by atoms with Crippen LogP contribution < -0.4 is 10.2 Å². The number of alkyl halides is 3. The highest BCUT2D eigenvalue weighted by Gasteiger charge is 2.38.